The van der Waals surface area contributed by atoms with Crippen LogP contribution in [0.1, 0.15) is 31.4 Å². The van der Waals surface area contributed by atoms with Gasteiger partial charge in [0.2, 0.25) is 0 Å². The van der Waals surface area contributed by atoms with Gasteiger partial charge < -0.3 is 15.3 Å². The lowest BCUT2D eigenvalue weighted by molar-refractivity contribution is 0.224. The Morgan fingerprint density at radius 2 is 1.89 bits per heavy atom. The summed E-state index contributed by atoms with van der Waals surface area (Å²) in [5, 5.41) is 12.8. The maximum Gasteiger partial charge on any atom is 0.0446 e. The molecular weight excluding hydrogens is 236 g/mol. The highest BCUT2D eigenvalue weighted by molar-refractivity contribution is 5.52. The van der Waals surface area contributed by atoms with Crippen molar-refractivity contribution in [2.24, 2.45) is 0 Å². The molecule has 2 N–H and O–H groups in total. The lowest BCUT2D eigenvalue weighted by Gasteiger charge is -2.45. The molecule has 0 saturated carbocycles. The zero-order valence-corrected chi connectivity index (χ0v) is 12.5. The SMILES string of the molecule is Cc1cc(C)cc(N2CC(CCO)NC(C)(C)C2)c1. The lowest BCUT2D eigenvalue weighted by atomic mass is 9.96. The van der Waals surface area contributed by atoms with E-state index in [1.165, 1.54) is 16.8 Å². The third kappa shape index (κ3) is 3.71. The van der Waals surface area contributed by atoms with Crippen molar-refractivity contribution in [2.45, 2.75) is 45.7 Å². The second-order valence-electron chi connectivity index (χ2n) is 6.46. The van der Waals surface area contributed by atoms with Crippen LogP contribution in [0.4, 0.5) is 5.69 Å². The monoisotopic (exact) mass is 262 g/mol. The van der Waals surface area contributed by atoms with Gasteiger partial charge in [-0.1, -0.05) is 6.07 Å². The van der Waals surface area contributed by atoms with Gasteiger partial charge in [0.25, 0.3) is 0 Å². The van der Waals surface area contributed by atoms with Crippen molar-refractivity contribution in [3.63, 3.8) is 0 Å². The first kappa shape index (κ1) is 14.4. The molecule has 3 heteroatoms. The second-order valence-corrected chi connectivity index (χ2v) is 6.46. The van der Waals surface area contributed by atoms with Crippen molar-refractivity contribution in [1.29, 1.82) is 0 Å². The first-order chi connectivity index (χ1) is 8.89. The predicted octanol–water partition coefficient (Wildman–Crippen LogP) is 2.24. The minimum Gasteiger partial charge on any atom is -0.396 e. The van der Waals surface area contributed by atoms with Gasteiger partial charge >= 0.3 is 0 Å². The number of hydrogen-bond acceptors (Lipinski definition) is 3. The molecule has 1 fully saturated rings. The van der Waals surface area contributed by atoms with Crippen molar-refractivity contribution in [3.05, 3.63) is 29.3 Å². The Morgan fingerprint density at radius 1 is 1.26 bits per heavy atom. The van der Waals surface area contributed by atoms with Crippen LogP contribution in [-0.2, 0) is 0 Å². The van der Waals surface area contributed by atoms with Crippen LogP contribution in [0, 0.1) is 13.8 Å². The van der Waals surface area contributed by atoms with Crippen LogP contribution < -0.4 is 10.2 Å². The Bertz CT molecular complexity index is 422. The molecule has 0 spiro atoms. The minimum absolute atomic E-state index is 0.0791. The largest absolute Gasteiger partial charge is 0.396 e. The number of hydrogen-bond donors (Lipinski definition) is 2. The molecule has 1 atom stereocenters. The number of aliphatic hydroxyl groups excluding tert-OH is 1. The molecule has 1 heterocycles. The van der Waals surface area contributed by atoms with Crippen LogP contribution in [-0.4, -0.2) is 36.4 Å². The van der Waals surface area contributed by atoms with Gasteiger partial charge in [0.15, 0.2) is 0 Å². The maximum absolute atomic E-state index is 9.18. The Morgan fingerprint density at radius 3 is 2.47 bits per heavy atom. The molecule has 1 saturated heterocycles. The van der Waals surface area contributed by atoms with E-state index >= 15 is 0 Å². The molecule has 1 aliphatic rings. The molecule has 0 aromatic heterocycles. The van der Waals surface area contributed by atoms with Crippen LogP contribution in [0.3, 0.4) is 0 Å². The van der Waals surface area contributed by atoms with Crippen LogP contribution in [0.25, 0.3) is 0 Å². The third-order valence-corrected chi connectivity index (χ3v) is 3.67. The van der Waals surface area contributed by atoms with E-state index in [0.717, 1.165) is 19.5 Å². The van der Waals surface area contributed by atoms with E-state index in [4.69, 9.17) is 0 Å². The van der Waals surface area contributed by atoms with E-state index in [2.05, 4.69) is 56.1 Å². The highest BCUT2D eigenvalue weighted by Gasteiger charge is 2.31. The summed E-state index contributed by atoms with van der Waals surface area (Å²) < 4.78 is 0. The zero-order valence-electron chi connectivity index (χ0n) is 12.5. The van der Waals surface area contributed by atoms with Crippen molar-refractivity contribution >= 4 is 5.69 Å². The highest BCUT2D eigenvalue weighted by atomic mass is 16.3. The van der Waals surface area contributed by atoms with Crippen LogP contribution in [0.5, 0.6) is 0 Å². The standard InChI is InChI=1S/C16H26N2O/c1-12-7-13(2)9-15(8-12)18-10-14(5-6-19)17-16(3,4)11-18/h7-9,14,17,19H,5-6,10-11H2,1-4H3. The fourth-order valence-electron chi connectivity index (χ4n) is 3.10. The summed E-state index contributed by atoms with van der Waals surface area (Å²) in [4.78, 5) is 2.44. The summed E-state index contributed by atoms with van der Waals surface area (Å²) >= 11 is 0. The molecule has 106 valence electrons. The van der Waals surface area contributed by atoms with Gasteiger partial charge in [-0.05, 0) is 57.4 Å². The Balaban J connectivity index is 2.22. The molecule has 2 rings (SSSR count). The number of nitrogens with zero attached hydrogens (tertiary/aromatic N) is 1. The van der Waals surface area contributed by atoms with E-state index in [-0.39, 0.29) is 12.1 Å². The quantitative estimate of drug-likeness (QED) is 0.877. The van der Waals surface area contributed by atoms with Crippen molar-refractivity contribution in [2.75, 3.05) is 24.6 Å². The fourth-order valence-corrected chi connectivity index (χ4v) is 3.10. The molecule has 3 nitrogen and oxygen atoms in total. The molecule has 0 amide bonds. The molecule has 0 bridgehead atoms. The van der Waals surface area contributed by atoms with E-state index < -0.39 is 0 Å². The Kier molecular flexibility index (Phi) is 4.16. The topological polar surface area (TPSA) is 35.5 Å². The number of nitrogens with one attached hydrogen (secondary N) is 1. The van der Waals surface area contributed by atoms with E-state index in [1.807, 2.05) is 0 Å². The molecule has 1 aromatic rings. The number of aryl methyl sites for hydroxylation is 2. The number of benzene rings is 1. The maximum atomic E-state index is 9.18. The van der Waals surface area contributed by atoms with Crippen molar-refractivity contribution in [1.82, 2.24) is 5.32 Å². The Labute approximate surface area is 116 Å². The van der Waals surface area contributed by atoms with Crippen LogP contribution >= 0.6 is 0 Å². The number of rotatable bonds is 3. The molecule has 1 unspecified atom stereocenters. The van der Waals surface area contributed by atoms with Gasteiger partial charge in [-0.3, -0.25) is 0 Å². The van der Waals surface area contributed by atoms with Crippen molar-refractivity contribution in [3.8, 4) is 0 Å². The summed E-state index contributed by atoms with van der Waals surface area (Å²) in [7, 11) is 0. The van der Waals surface area contributed by atoms with Gasteiger partial charge in [-0.15, -0.1) is 0 Å². The van der Waals surface area contributed by atoms with E-state index in [1.54, 1.807) is 0 Å². The van der Waals surface area contributed by atoms with Gasteiger partial charge in [0, 0.05) is 37.0 Å². The summed E-state index contributed by atoms with van der Waals surface area (Å²) in [5.74, 6) is 0. The fraction of sp³-hybridized carbons (Fsp3) is 0.625. The van der Waals surface area contributed by atoms with E-state index in [9.17, 15) is 5.11 Å². The van der Waals surface area contributed by atoms with Gasteiger partial charge in [-0.25, -0.2) is 0 Å². The third-order valence-electron chi connectivity index (χ3n) is 3.67. The normalized spacial score (nSPS) is 22.6. The summed E-state index contributed by atoms with van der Waals surface area (Å²) in [6.45, 7) is 11.0. The molecule has 1 aromatic carbocycles. The first-order valence-corrected chi connectivity index (χ1v) is 7.11. The molecule has 0 radical (unpaired) electrons. The van der Waals surface area contributed by atoms with Gasteiger partial charge in [0.05, 0.1) is 0 Å². The zero-order chi connectivity index (χ0) is 14.0. The lowest BCUT2D eigenvalue weighted by Crippen LogP contribution is -2.62. The summed E-state index contributed by atoms with van der Waals surface area (Å²) in [5.41, 5.74) is 4.00. The number of piperazine rings is 1. The first-order valence-electron chi connectivity index (χ1n) is 7.11. The molecule has 0 aliphatic carbocycles. The smallest absolute Gasteiger partial charge is 0.0446 e. The number of aliphatic hydroxyl groups is 1. The molecule has 1 aliphatic heterocycles. The minimum atomic E-state index is 0.0791. The average Bonchev–Trinajstić information content (AvgIpc) is 2.25. The van der Waals surface area contributed by atoms with E-state index in [0.29, 0.717) is 6.04 Å². The number of anilines is 1. The Hall–Kier alpha value is -1.06. The van der Waals surface area contributed by atoms with Gasteiger partial charge in [0.1, 0.15) is 0 Å². The predicted molar refractivity (Wildman–Crippen MR) is 80.8 cm³/mol. The van der Waals surface area contributed by atoms with Crippen LogP contribution in [0.15, 0.2) is 18.2 Å². The van der Waals surface area contributed by atoms with Crippen molar-refractivity contribution < 1.29 is 5.11 Å². The van der Waals surface area contributed by atoms with Gasteiger partial charge in [-0.2, -0.15) is 0 Å². The average molecular weight is 262 g/mol. The van der Waals surface area contributed by atoms with Crippen LogP contribution in [0.2, 0.25) is 0 Å². The highest BCUT2D eigenvalue weighted by Crippen LogP contribution is 2.24. The second kappa shape index (κ2) is 5.51. The summed E-state index contributed by atoms with van der Waals surface area (Å²) in [6, 6.07) is 7.08. The molecular formula is C16H26N2O. The summed E-state index contributed by atoms with van der Waals surface area (Å²) in [6.07, 6.45) is 0.810. The molecule has 19 heavy (non-hydrogen) atoms.